The van der Waals surface area contributed by atoms with Crippen LogP contribution in [0.1, 0.15) is 22.3 Å². The van der Waals surface area contributed by atoms with Gasteiger partial charge in [-0.15, -0.1) is 0 Å². The molecule has 1 aromatic carbocycles. The summed E-state index contributed by atoms with van der Waals surface area (Å²) in [5.41, 5.74) is 1.11. The fraction of sp³-hybridized carbons (Fsp3) is 0.333. The van der Waals surface area contributed by atoms with Gasteiger partial charge in [-0.05, 0) is 36.4 Å². The molecule has 0 saturated carbocycles. The zero-order chi connectivity index (χ0) is 12.8. The first-order chi connectivity index (χ1) is 8.04. The second kappa shape index (κ2) is 6.30. The van der Waals surface area contributed by atoms with Crippen LogP contribution in [0.4, 0.5) is 0 Å². The maximum atomic E-state index is 11.7. The maximum Gasteiger partial charge on any atom is 0.221 e. The molecule has 0 atom stereocenters. The van der Waals surface area contributed by atoms with E-state index in [2.05, 4.69) is 17.9 Å². The van der Waals surface area contributed by atoms with Gasteiger partial charge < -0.3 is 10.4 Å². The smallest absolute Gasteiger partial charge is 0.221 e. The van der Waals surface area contributed by atoms with Crippen LogP contribution in [0.25, 0.3) is 0 Å². The lowest BCUT2D eigenvalue weighted by Crippen LogP contribution is -2.29. The number of aryl methyl sites for hydroxylation is 1. The van der Waals surface area contributed by atoms with Gasteiger partial charge in [0.1, 0.15) is 5.75 Å². The normalized spacial score (nSPS) is 10.0. The molecule has 0 aliphatic carbocycles. The lowest BCUT2D eigenvalue weighted by molar-refractivity contribution is -0.120. The summed E-state index contributed by atoms with van der Waals surface area (Å²) in [5, 5.41) is 11.8. The number of nitrogens with one attached hydrogen (secondary N) is 1. The molecule has 0 bridgehead atoms. The Morgan fingerprint density at radius 1 is 1.41 bits per heavy atom. The number of phenols is 1. The molecule has 0 unspecified atom stereocenters. The monoisotopic (exact) mass is 253 g/mol. The molecule has 0 radical (unpaired) electrons. The molecule has 4 nitrogen and oxygen atoms in total. The summed E-state index contributed by atoms with van der Waals surface area (Å²) in [7, 11) is 0. The van der Waals surface area contributed by atoms with E-state index in [4.69, 9.17) is 0 Å². The minimum Gasteiger partial charge on any atom is -0.508 e. The fourth-order valence-electron chi connectivity index (χ4n) is 1.30. The van der Waals surface area contributed by atoms with Gasteiger partial charge in [0.25, 0.3) is 0 Å². The van der Waals surface area contributed by atoms with Crippen LogP contribution in [0.2, 0.25) is 0 Å². The SMILES string of the molecule is Cc1cc(C(=O)CNC(=O)CCS)ccc1O. The van der Waals surface area contributed by atoms with Gasteiger partial charge in [0.05, 0.1) is 6.54 Å². The number of hydrogen-bond acceptors (Lipinski definition) is 4. The molecule has 0 heterocycles. The number of hydrogen-bond donors (Lipinski definition) is 3. The van der Waals surface area contributed by atoms with Gasteiger partial charge in [-0.3, -0.25) is 9.59 Å². The number of aromatic hydroxyl groups is 1. The van der Waals surface area contributed by atoms with Gasteiger partial charge in [-0.1, -0.05) is 0 Å². The quantitative estimate of drug-likeness (QED) is 0.547. The molecule has 0 aromatic heterocycles. The predicted octanol–water partition coefficient (Wildman–Crippen LogP) is 1.32. The van der Waals surface area contributed by atoms with Crippen molar-refractivity contribution in [3.63, 3.8) is 0 Å². The Kier molecular flexibility index (Phi) is 5.03. The van der Waals surface area contributed by atoms with Crippen molar-refractivity contribution in [3.8, 4) is 5.75 Å². The van der Waals surface area contributed by atoms with E-state index in [1.54, 1.807) is 13.0 Å². The molecular formula is C12H15NO3S. The van der Waals surface area contributed by atoms with E-state index in [1.165, 1.54) is 12.1 Å². The van der Waals surface area contributed by atoms with Crippen molar-refractivity contribution in [1.29, 1.82) is 0 Å². The minimum absolute atomic E-state index is 0.0309. The average Bonchev–Trinajstić information content (AvgIpc) is 2.30. The summed E-state index contributed by atoms with van der Waals surface area (Å²) >= 11 is 3.93. The second-order valence-corrected chi connectivity index (χ2v) is 4.12. The van der Waals surface area contributed by atoms with E-state index < -0.39 is 0 Å². The van der Waals surface area contributed by atoms with Crippen LogP contribution in [-0.4, -0.2) is 29.1 Å². The molecule has 1 aromatic rings. The second-order valence-electron chi connectivity index (χ2n) is 3.67. The van der Waals surface area contributed by atoms with Gasteiger partial charge in [0.15, 0.2) is 5.78 Å². The zero-order valence-electron chi connectivity index (χ0n) is 9.56. The van der Waals surface area contributed by atoms with Crippen LogP contribution in [-0.2, 0) is 4.79 Å². The van der Waals surface area contributed by atoms with Gasteiger partial charge in [0, 0.05) is 12.0 Å². The Hall–Kier alpha value is -1.49. The van der Waals surface area contributed by atoms with E-state index in [1.807, 2.05) is 0 Å². The van der Waals surface area contributed by atoms with Gasteiger partial charge in [-0.25, -0.2) is 0 Å². The van der Waals surface area contributed by atoms with Crippen molar-refractivity contribution in [3.05, 3.63) is 29.3 Å². The van der Waals surface area contributed by atoms with Gasteiger partial charge >= 0.3 is 0 Å². The number of rotatable bonds is 5. The standard InChI is InChI=1S/C12H15NO3S/c1-8-6-9(2-3-10(8)14)11(15)7-13-12(16)4-5-17/h2-3,6,14,17H,4-5,7H2,1H3,(H,13,16). The minimum atomic E-state index is -0.191. The molecule has 5 heteroatoms. The molecule has 0 spiro atoms. The molecule has 17 heavy (non-hydrogen) atoms. The van der Waals surface area contributed by atoms with Crippen molar-refractivity contribution in [2.45, 2.75) is 13.3 Å². The summed E-state index contributed by atoms with van der Waals surface area (Å²) in [6.45, 7) is 1.68. The average molecular weight is 253 g/mol. The Morgan fingerprint density at radius 3 is 2.71 bits per heavy atom. The Bertz CT molecular complexity index is 432. The molecule has 0 saturated heterocycles. The molecule has 2 N–H and O–H groups in total. The number of amides is 1. The Labute approximate surface area is 105 Å². The number of phenolic OH excluding ortho intramolecular Hbond substituents is 1. The van der Waals surface area contributed by atoms with Gasteiger partial charge in [-0.2, -0.15) is 12.6 Å². The van der Waals surface area contributed by atoms with E-state index in [9.17, 15) is 14.7 Å². The van der Waals surface area contributed by atoms with E-state index in [-0.39, 0.29) is 24.0 Å². The first kappa shape index (κ1) is 13.6. The number of carbonyl (C=O) groups is 2. The largest absolute Gasteiger partial charge is 0.508 e. The van der Waals surface area contributed by atoms with Crippen molar-refractivity contribution in [2.75, 3.05) is 12.3 Å². The highest BCUT2D eigenvalue weighted by Crippen LogP contribution is 2.16. The van der Waals surface area contributed by atoms with Crippen LogP contribution in [0, 0.1) is 6.92 Å². The molecule has 92 valence electrons. The third-order valence-corrected chi connectivity index (χ3v) is 2.53. The van der Waals surface area contributed by atoms with Crippen LogP contribution in [0.5, 0.6) is 5.75 Å². The van der Waals surface area contributed by atoms with E-state index in [0.29, 0.717) is 23.3 Å². The third-order valence-electron chi connectivity index (χ3n) is 2.30. The zero-order valence-corrected chi connectivity index (χ0v) is 10.5. The highest BCUT2D eigenvalue weighted by molar-refractivity contribution is 7.80. The van der Waals surface area contributed by atoms with Gasteiger partial charge in [0.2, 0.25) is 5.91 Å². The van der Waals surface area contributed by atoms with Crippen LogP contribution in [0.3, 0.4) is 0 Å². The third kappa shape index (κ3) is 4.11. The summed E-state index contributed by atoms with van der Waals surface area (Å²) in [4.78, 5) is 22.8. The van der Waals surface area contributed by atoms with E-state index >= 15 is 0 Å². The predicted molar refractivity (Wildman–Crippen MR) is 68.7 cm³/mol. The number of ketones is 1. The Morgan fingerprint density at radius 2 is 2.12 bits per heavy atom. The highest BCUT2D eigenvalue weighted by atomic mass is 32.1. The van der Waals surface area contributed by atoms with Crippen LogP contribution in [0.15, 0.2) is 18.2 Å². The summed E-state index contributed by atoms with van der Waals surface area (Å²) in [6, 6.07) is 4.61. The summed E-state index contributed by atoms with van der Waals surface area (Å²) in [5.74, 6) is 0.239. The lowest BCUT2D eigenvalue weighted by Gasteiger charge is -2.05. The lowest BCUT2D eigenvalue weighted by atomic mass is 10.1. The van der Waals surface area contributed by atoms with Crippen molar-refractivity contribution < 1.29 is 14.7 Å². The fourth-order valence-corrected chi connectivity index (χ4v) is 1.50. The van der Waals surface area contributed by atoms with Crippen LogP contribution >= 0.6 is 12.6 Å². The number of thiol groups is 1. The van der Waals surface area contributed by atoms with Crippen molar-refractivity contribution in [2.24, 2.45) is 0 Å². The number of benzene rings is 1. The summed E-state index contributed by atoms with van der Waals surface area (Å²) < 4.78 is 0. The maximum absolute atomic E-state index is 11.7. The topological polar surface area (TPSA) is 66.4 Å². The molecule has 1 amide bonds. The number of carbonyl (C=O) groups excluding carboxylic acids is 2. The van der Waals surface area contributed by atoms with E-state index in [0.717, 1.165) is 0 Å². The Balaban J connectivity index is 2.58. The van der Waals surface area contributed by atoms with Crippen molar-refractivity contribution >= 4 is 24.3 Å². The molecule has 0 aliphatic rings. The molecule has 1 rings (SSSR count). The highest BCUT2D eigenvalue weighted by Gasteiger charge is 2.09. The summed E-state index contributed by atoms with van der Waals surface area (Å²) in [6.07, 6.45) is 0.297. The van der Waals surface area contributed by atoms with Crippen LogP contribution < -0.4 is 5.32 Å². The molecule has 0 fully saturated rings. The van der Waals surface area contributed by atoms with Crippen molar-refractivity contribution in [1.82, 2.24) is 5.32 Å². The molecular weight excluding hydrogens is 238 g/mol. The molecule has 0 aliphatic heterocycles. The first-order valence-corrected chi connectivity index (χ1v) is 5.88. The first-order valence-electron chi connectivity index (χ1n) is 5.25. The number of Topliss-reactive ketones (excluding diaryl/α,β-unsaturated/α-hetero) is 1.